The van der Waals surface area contributed by atoms with Crippen LogP contribution in [-0.2, 0) is 6.54 Å². The molecule has 1 aliphatic heterocycles. The number of benzene rings is 1. The summed E-state index contributed by atoms with van der Waals surface area (Å²) in [6.45, 7) is 3.95. The summed E-state index contributed by atoms with van der Waals surface area (Å²) in [5.74, 6) is 0.775. The highest BCUT2D eigenvalue weighted by Crippen LogP contribution is 2.40. The van der Waals surface area contributed by atoms with Crippen molar-refractivity contribution >= 4 is 5.96 Å². The van der Waals surface area contributed by atoms with Crippen molar-refractivity contribution < 1.29 is 9.84 Å². The van der Waals surface area contributed by atoms with Gasteiger partial charge in [0.15, 0.2) is 0 Å². The van der Waals surface area contributed by atoms with Crippen molar-refractivity contribution in [2.45, 2.75) is 38.1 Å². The second-order valence-corrected chi connectivity index (χ2v) is 6.91. The van der Waals surface area contributed by atoms with Crippen molar-refractivity contribution in [2.24, 2.45) is 4.99 Å². The van der Waals surface area contributed by atoms with Crippen LogP contribution in [0.5, 0.6) is 5.75 Å². The fourth-order valence-corrected chi connectivity index (χ4v) is 3.03. The number of fused-ring (bicyclic) bond motifs is 1. The molecule has 3 N–H and O–H groups in total. The molecule has 0 amide bonds. The number of aliphatic imine (C=N–C) groups is 1. The zero-order valence-electron chi connectivity index (χ0n) is 15.5. The van der Waals surface area contributed by atoms with E-state index < -0.39 is 17.7 Å². The van der Waals surface area contributed by atoms with E-state index in [1.165, 1.54) is 0 Å². The molecule has 0 saturated carbocycles. The molecule has 2 atom stereocenters. The molecule has 8 heteroatoms. The second-order valence-electron chi connectivity index (χ2n) is 6.91. The Balaban J connectivity index is 1.88. The van der Waals surface area contributed by atoms with E-state index in [0.29, 0.717) is 23.4 Å². The summed E-state index contributed by atoms with van der Waals surface area (Å²) in [7, 11) is 0. The number of hydrogen-bond acceptors (Lipinski definition) is 6. The maximum atomic E-state index is 10.9. The number of ether oxygens (including phenoxy) is 1. The molecule has 1 aliphatic rings. The number of hydrogen-bond donors (Lipinski definition) is 3. The van der Waals surface area contributed by atoms with Gasteiger partial charge in [0, 0.05) is 24.5 Å². The van der Waals surface area contributed by atoms with Crippen LogP contribution in [0, 0.1) is 22.8 Å². The monoisotopic (exact) mass is 376 g/mol. The molecular weight excluding hydrogens is 356 g/mol. The first-order valence-corrected chi connectivity index (χ1v) is 8.72. The number of nitriles is 2. The van der Waals surface area contributed by atoms with E-state index in [1.54, 1.807) is 50.6 Å². The van der Waals surface area contributed by atoms with Crippen molar-refractivity contribution in [1.82, 2.24) is 15.6 Å². The predicted molar refractivity (Wildman–Crippen MR) is 102 cm³/mol. The molecular formula is C20H20N6O2. The second kappa shape index (κ2) is 7.95. The minimum atomic E-state index is -0.946. The van der Waals surface area contributed by atoms with Crippen LogP contribution in [-0.4, -0.2) is 27.8 Å². The Morgan fingerprint density at radius 1 is 1.36 bits per heavy atom. The van der Waals surface area contributed by atoms with Gasteiger partial charge in [-0.3, -0.25) is 4.98 Å². The Hall–Kier alpha value is -3.62. The first kappa shape index (κ1) is 19.2. The summed E-state index contributed by atoms with van der Waals surface area (Å²) in [6, 6.07) is 10.2. The number of nitrogens with one attached hydrogen (secondary N) is 2. The standard InChI is InChI=1S/C20H20N6O2/c1-20(2)18(27)17(15-8-13(9-21)5-6-16(15)28-20)26-19(25-12-22)24-11-14-4-3-7-23-10-14/h3-8,10,17-18,27H,11H2,1-2H3,(H2,24,25,26)/t17-,18+/m1/s1. The summed E-state index contributed by atoms with van der Waals surface area (Å²) in [4.78, 5) is 7.85. The van der Waals surface area contributed by atoms with Gasteiger partial charge in [0.2, 0.25) is 12.2 Å². The topological polar surface area (TPSA) is 126 Å². The molecule has 0 spiro atoms. The van der Waals surface area contributed by atoms with E-state index in [4.69, 9.17) is 10.00 Å². The van der Waals surface area contributed by atoms with E-state index in [2.05, 4.69) is 26.7 Å². The maximum absolute atomic E-state index is 10.9. The van der Waals surface area contributed by atoms with Gasteiger partial charge in [-0.15, -0.1) is 4.99 Å². The molecule has 0 unspecified atom stereocenters. The molecule has 0 fully saturated rings. The van der Waals surface area contributed by atoms with E-state index in [0.717, 1.165) is 5.56 Å². The van der Waals surface area contributed by atoms with Crippen molar-refractivity contribution in [2.75, 3.05) is 0 Å². The lowest BCUT2D eigenvalue weighted by Crippen LogP contribution is -2.55. The molecule has 142 valence electrons. The quantitative estimate of drug-likeness (QED) is 0.423. The zero-order valence-corrected chi connectivity index (χ0v) is 15.5. The molecule has 0 saturated heterocycles. The Labute approximate surface area is 163 Å². The predicted octanol–water partition coefficient (Wildman–Crippen LogP) is 1.74. The number of aliphatic hydroxyl groups excluding tert-OH is 1. The van der Waals surface area contributed by atoms with E-state index in [9.17, 15) is 10.4 Å². The van der Waals surface area contributed by atoms with Gasteiger partial charge in [-0.25, -0.2) is 0 Å². The zero-order chi connectivity index (χ0) is 20.1. The maximum Gasteiger partial charge on any atom is 0.209 e. The molecule has 0 radical (unpaired) electrons. The minimum Gasteiger partial charge on any atom is -0.485 e. The molecule has 28 heavy (non-hydrogen) atoms. The number of aliphatic hydroxyl groups is 1. The fourth-order valence-electron chi connectivity index (χ4n) is 3.03. The van der Waals surface area contributed by atoms with Crippen LogP contribution in [0.2, 0.25) is 0 Å². The van der Waals surface area contributed by atoms with E-state index >= 15 is 0 Å². The van der Waals surface area contributed by atoms with Gasteiger partial charge in [-0.2, -0.15) is 10.5 Å². The van der Waals surface area contributed by atoms with Crippen molar-refractivity contribution in [1.29, 1.82) is 10.5 Å². The van der Waals surface area contributed by atoms with Crippen LogP contribution >= 0.6 is 0 Å². The van der Waals surface area contributed by atoms with Crippen LogP contribution in [0.4, 0.5) is 0 Å². The minimum absolute atomic E-state index is 0.210. The summed E-state index contributed by atoms with van der Waals surface area (Å²) in [5.41, 5.74) is 1.11. The largest absolute Gasteiger partial charge is 0.485 e. The van der Waals surface area contributed by atoms with Crippen LogP contribution < -0.4 is 15.4 Å². The highest BCUT2D eigenvalue weighted by atomic mass is 16.5. The first-order valence-electron chi connectivity index (χ1n) is 8.72. The first-order chi connectivity index (χ1) is 13.4. The Morgan fingerprint density at radius 2 is 2.18 bits per heavy atom. The lowest BCUT2D eigenvalue weighted by atomic mass is 9.86. The molecule has 0 aliphatic carbocycles. The van der Waals surface area contributed by atoms with Crippen molar-refractivity contribution in [3.05, 3.63) is 59.4 Å². The number of rotatable bonds is 3. The Bertz CT molecular complexity index is 959. The number of nitrogens with zero attached hydrogens (tertiary/aromatic N) is 4. The molecule has 8 nitrogen and oxygen atoms in total. The van der Waals surface area contributed by atoms with Gasteiger partial charge in [-0.1, -0.05) is 6.07 Å². The van der Waals surface area contributed by atoms with Crippen LogP contribution in [0.1, 0.15) is 36.6 Å². The molecule has 1 aromatic heterocycles. The molecule has 1 aromatic carbocycles. The van der Waals surface area contributed by atoms with Crippen molar-refractivity contribution in [3.63, 3.8) is 0 Å². The van der Waals surface area contributed by atoms with Gasteiger partial charge in [0.25, 0.3) is 0 Å². The smallest absolute Gasteiger partial charge is 0.209 e. The molecule has 0 bridgehead atoms. The van der Waals surface area contributed by atoms with Gasteiger partial charge in [0.05, 0.1) is 17.7 Å². The number of pyridine rings is 1. The molecule has 2 heterocycles. The number of aromatic nitrogens is 1. The lowest BCUT2D eigenvalue weighted by molar-refractivity contribution is -0.0612. The molecule has 2 aromatic rings. The van der Waals surface area contributed by atoms with Crippen LogP contribution in [0.3, 0.4) is 0 Å². The summed E-state index contributed by atoms with van der Waals surface area (Å²) in [5, 5.41) is 35.3. The SMILES string of the molecule is CC1(C)Oc2ccc(C#N)cc2[C@@H](NC(=NC#N)NCc2cccnc2)[C@@H]1O. The Morgan fingerprint density at radius 3 is 2.86 bits per heavy atom. The van der Waals surface area contributed by atoms with E-state index in [-0.39, 0.29) is 5.96 Å². The third kappa shape index (κ3) is 4.03. The number of guanidine groups is 1. The van der Waals surface area contributed by atoms with Crippen LogP contribution in [0.15, 0.2) is 47.7 Å². The third-order valence-corrected chi connectivity index (χ3v) is 4.51. The fraction of sp³-hybridized carbons (Fsp3) is 0.300. The summed E-state index contributed by atoms with van der Waals surface area (Å²) in [6.07, 6.45) is 4.19. The van der Waals surface area contributed by atoms with Gasteiger partial charge in [0.1, 0.15) is 17.5 Å². The van der Waals surface area contributed by atoms with Gasteiger partial charge in [-0.05, 0) is 43.7 Å². The Kier molecular flexibility index (Phi) is 5.44. The van der Waals surface area contributed by atoms with Gasteiger partial charge < -0.3 is 20.5 Å². The van der Waals surface area contributed by atoms with E-state index in [1.807, 2.05) is 12.1 Å². The average Bonchev–Trinajstić information content (AvgIpc) is 2.70. The third-order valence-electron chi connectivity index (χ3n) is 4.51. The molecule has 3 rings (SSSR count). The average molecular weight is 376 g/mol. The summed E-state index contributed by atoms with van der Waals surface area (Å²) >= 11 is 0. The highest BCUT2D eigenvalue weighted by Gasteiger charge is 2.43. The van der Waals surface area contributed by atoms with Gasteiger partial charge >= 0.3 is 0 Å². The highest BCUT2D eigenvalue weighted by molar-refractivity contribution is 5.81. The lowest BCUT2D eigenvalue weighted by Gasteiger charge is -2.42. The van der Waals surface area contributed by atoms with Crippen molar-refractivity contribution in [3.8, 4) is 18.0 Å². The normalized spacial score (nSPS) is 20.1. The van der Waals surface area contributed by atoms with Crippen LogP contribution in [0.25, 0.3) is 0 Å². The summed E-state index contributed by atoms with van der Waals surface area (Å²) < 4.78 is 5.90.